The van der Waals surface area contributed by atoms with Crippen molar-refractivity contribution in [3.63, 3.8) is 0 Å². The molecule has 0 aliphatic rings. The number of aliphatic hydroxyl groups excluding tert-OH is 1. The number of ether oxygens (including phenoxy) is 1. The summed E-state index contributed by atoms with van der Waals surface area (Å²) in [5.41, 5.74) is 0. The Morgan fingerprint density at radius 1 is 1.35 bits per heavy atom. The fourth-order valence-electron chi connectivity index (χ4n) is 1.62. The molecule has 114 valence electrons. The van der Waals surface area contributed by atoms with E-state index in [1.165, 1.54) is 0 Å². The van der Waals surface area contributed by atoms with Crippen LogP contribution in [0.1, 0.15) is 26.7 Å². The van der Waals surface area contributed by atoms with E-state index in [1.54, 1.807) is 6.08 Å². The highest BCUT2D eigenvalue weighted by Crippen LogP contribution is 2.08. The highest BCUT2D eigenvalue weighted by Gasteiger charge is 2.05. The lowest BCUT2D eigenvalue weighted by molar-refractivity contribution is 0.119. The quantitative estimate of drug-likeness (QED) is 0.585. The topological polar surface area (TPSA) is 32.7 Å². The smallest absolute Gasteiger partial charge is 0.119 e. The molecule has 0 aliphatic carbocycles. The van der Waals surface area contributed by atoms with Crippen LogP contribution in [0.15, 0.2) is 43.0 Å². The molecule has 0 aliphatic heterocycles. The summed E-state index contributed by atoms with van der Waals surface area (Å²) in [5.74, 6) is 0.920. The molecule has 0 amide bonds. The van der Waals surface area contributed by atoms with Crippen molar-refractivity contribution in [1.82, 2.24) is 4.90 Å². The summed E-state index contributed by atoms with van der Waals surface area (Å²) in [6, 6.07) is 9.85. The molecule has 3 nitrogen and oxygen atoms in total. The van der Waals surface area contributed by atoms with Gasteiger partial charge in [-0.05, 0) is 38.9 Å². The summed E-state index contributed by atoms with van der Waals surface area (Å²) in [5, 5.41) is 9.49. The van der Waals surface area contributed by atoms with Crippen LogP contribution in [0, 0.1) is 0 Å². The third-order valence-corrected chi connectivity index (χ3v) is 2.69. The molecule has 0 bridgehead atoms. The van der Waals surface area contributed by atoms with Gasteiger partial charge in [0.15, 0.2) is 0 Å². The number of allylic oxidation sites excluding steroid dienone is 1. The van der Waals surface area contributed by atoms with Gasteiger partial charge in [-0.15, -0.1) is 6.58 Å². The van der Waals surface area contributed by atoms with E-state index in [0.717, 1.165) is 38.3 Å². The van der Waals surface area contributed by atoms with Crippen molar-refractivity contribution in [1.29, 1.82) is 0 Å². The van der Waals surface area contributed by atoms with Crippen LogP contribution in [0.2, 0.25) is 0 Å². The van der Waals surface area contributed by atoms with Crippen LogP contribution < -0.4 is 4.74 Å². The van der Waals surface area contributed by atoms with Gasteiger partial charge in [-0.3, -0.25) is 0 Å². The molecule has 1 aromatic rings. The van der Waals surface area contributed by atoms with Crippen LogP contribution in [0.4, 0.5) is 0 Å². The number of rotatable bonds is 8. The fourth-order valence-corrected chi connectivity index (χ4v) is 1.62. The Kier molecular flexibility index (Phi) is 11.9. The van der Waals surface area contributed by atoms with E-state index in [0.29, 0.717) is 0 Å². The van der Waals surface area contributed by atoms with E-state index in [1.807, 2.05) is 51.2 Å². The van der Waals surface area contributed by atoms with Crippen molar-refractivity contribution in [2.75, 3.05) is 26.7 Å². The van der Waals surface area contributed by atoms with Crippen molar-refractivity contribution in [3.8, 4) is 5.75 Å². The van der Waals surface area contributed by atoms with E-state index in [2.05, 4.69) is 11.5 Å². The first-order valence-corrected chi connectivity index (χ1v) is 7.25. The second-order valence-electron chi connectivity index (χ2n) is 4.75. The van der Waals surface area contributed by atoms with E-state index < -0.39 is 0 Å². The summed E-state index contributed by atoms with van der Waals surface area (Å²) in [7, 11) is 2.03. The van der Waals surface area contributed by atoms with Crippen LogP contribution in [0.3, 0.4) is 0 Å². The van der Waals surface area contributed by atoms with Gasteiger partial charge in [0.1, 0.15) is 5.75 Å². The largest absolute Gasteiger partial charge is 0.494 e. The van der Waals surface area contributed by atoms with Crippen LogP contribution in [-0.2, 0) is 0 Å². The second-order valence-corrected chi connectivity index (χ2v) is 4.75. The van der Waals surface area contributed by atoms with Gasteiger partial charge in [-0.2, -0.15) is 0 Å². The highest BCUT2D eigenvalue weighted by molar-refractivity contribution is 5.20. The molecule has 1 N–H and O–H groups in total. The second kappa shape index (κ2) is 12.7. The van der Waals surface area contributed by atoms with Crippen LogP contribution >= 0.6 is 0 Å². The van der Waals surface area contributed by atoms with E-state index >= 15 is 0 Å². The lowest BCUT2D eigenvalue weighted by Crippen LogP contribution is -2.30. The summed E-state index contributed by atoms with van der Waals surface area (Å²) in [6.45, 7) is 9.65. The molecule has 0 fully saturated rings. The summed E-state index contributed by atoms with van der Waals surface area (Å²) >= 11 is 0. The number of aliphatic hydroxyl groups is 1. The maximum atomic E-state index is 9.49. The number of hydrogen-bond acceptors (Lipinski definition) is 3. The maximum Gasteiger partial charge on any atom is 0.119 e. The van der Waals surface area contributed by atoms with Crippen molar-refractivity contribution in [2.24, 2.45) is 0 Å². The summed E-state index contributed by atoms with van der Waals surface area (Å²) in [6.07, 6.45) is 3.32. The standard InChI is InChI=1S/C14H23NO2.C3H6/c1-3-13(16)12-15(2)10-7-11-17-14-8-5-4-6-9-14;1-3-2/h4-6,8-9,13,16H,3,7,10-12H2,1-2H3;3H,1H2,2H3. The average Bonchev–Trinajstić information content (AvgIpc) is 2.45. The molecule has 0 radical (unpaired) electrons. The molecule has 0 aromatic heterocycles. The minimum absolute atomic E-state index is 0.213. The van der Waals surface area contributed by atoms with E-state index in [9.17, 15) is 5.11 Å². The first kappa shape index (κ1) is 18.7. The van der Waals surface area contributed by atoms with Crippen molar-refractivity contribution in [2.45, 2.75) is 32.8 Å². The zero-order valence-electron chi connectivity index (χ0n) is 13.1. The van der Waals surface area contributed by atoms with Crippen LogP contribution in [0.5, 0.6) is 5.75 Å². The van der Waals surface area contributed by atoms with Gasteiger partial charge in [-0.25, -0.2) is 0 Å². The number of nitrogens with zero attached hydrogens (tertiary/aromatic N) is 1. The van der Waals surface area contributed by atoms with Crippen molar-refractivity contribution < 1.29 is 9.84 Å². The van der Waals surface area contributed by atoms with Gasteiger partial charge in [0.2, 0.25) is 0 Å². The Balaban J connectivity index is 0.00000110. The number of para-hydroxylation sites is 1. The Labute approximate surface area is 123 Å². The lowest BCUT2D eigenvalue weighted by Gasteiger charge is -2.19. The molecule has 1 atom stereocenters. The lowest BCUT2D eigenvalue weighted by atomic mass is 10.2. The number of benzene rings is 1. The third kappa shape index (κ3) is 10.6. The Bertz CT molecular complexity index is 327. The third-order valence-electron chi connectivity index (χ3n) is 2.69. The zero-order valence-corrected chi connectivity index (χ0v) is 13.1. The maximum absolute atomic E-state index is 9.49. The van der Waals surface area contributed by atoms with Gasteiger partial charge >= 0.3 is 0 Å². The molecule has 1 unspecified atom stereocenters. The normalized spacial score (nSPS) is 11.4. The Hall–Kier alpha value is -1.32. The van der Waals surface area contributed by atoms with Gasteiger partial charge in [-0.1, -0.05) is 31.2 Å². The SMILES string of the molecule is C=CC.CCC(O)CN(C)CCCOc1ccccc1. The first-order chi connectivity index (χ1) is 9.63. The molecule has 0 saturated carbocycles. The van der Waals surface area contributed by atoms with Gasteiger partial charge in [0.25, 0.3) is 0 Å². The molecular formula is C17H29NO2. The van der Waals surface area contributed by atoms with Crippen LogP contribution in [-0.4, -0.2) is 42.9 Å². The molecular weight excluding hydrogens is 250 g/mol. The molecule has 3 heteroatoms. The predicted octanol–water partition coefficient (Wildman–Crippen LogP) is 3.35. The molecule has 0 saturated heterocycles. The van der Waals surface area contributed by atoms with Gasteiger partial charge in [0.05, 0.1) is 12.7 Å². The molecule has 20 heavy (non-hydrogen) atoms. The Morgan fingerprint density at radius 3 is 2.50 bits per heavy atom. The molecule has 1 rings (SSSR count). The zero-order chi connectivity index (χ0) is 15.2. The number of hydrogen-bond donors (Lipinski definition) is 1. The van der Waals surface area contributed by atoms with E-state index in [4.69, 9.17) is 4.74 Å². The molecule has 1 aromatic carbocycles. The number of likely N-dealkylation sites (N-methyl/N-ethyl adjacent to an activating group) is 1. The average molecular weight is 279 g/mol. The summed E-state index contributed by atoms with van der Waals surface area (Å²) < 4.78 is 5.60. The van der Waals surface area contributed by atoms with Gasteiger partial charge in [0, 0.05) is 13.1 Å². The van der Waals surface area contributed by atoms with Crippen molar-refractivity contribution >= 4 is 0 Å². The molecule has 0 heterocycles. The van der Waals surface area contributed by atoms with Crippen LogP contribution in [0.25, 0.3) is 0 Å². The first-order valence-electron chi connectivity index (χ1n) is 7.25. The van der Waals surface area contributed by atoms with Gasteiger partial charge < -0.3 is 14.7 Å². The van der Waals surface area contributed by atoms with E-state index in [-0.39, 0.29) is 6.10 Å². The summed E-state index contributed by atoms with van der Waals surface area (Å²) in [4.78, 5) is 2.14. The highest BCUT2D eigenvalue weighted by atomic mass is 16.5. The minimum Gasteiger partial charge on any atom is -0.494 e. The Morgan fingerprint density at radius 2 is 1.95 bits per heavy atom. The predicted molar refractivity (Wildman–Crippen MR) is 86.2 cm³/mol. The molecule has 0 spiro atoms. The minimum atomic E-state index is -0.213. The van der Waals surface area contributed by atoms with Crippen molar-refractivity contribution in [3.05, 3.63) is 43.0 Å². The monoisotopic (exact) mass is 279 g/mol. The fraction of sp³-hybridized carbons (Fsp3) is 0.529.